The van der Waals surface area contributed by atoms with Gasteiger partial charge in [0.2, 0.25) is 5.78 Å². The van der Waals surface area contributed by atoms with Gasteiger partial charge in [0.15, 0.2) is 6.61 Å². The van der Waals surface area contributed by atoms with Gasteiger partial charge < -0.3 is 9.47 Å². The van der Waals surface area contributed by atoms with Crippen molar-refractivity contribution in [2.45, 2.75) is 6.92 Å². The molecule has 0 N–H and O–H groups in total. The first-order valence-corrected chi connectivity index (χ1v) is 6.24. The Balaban J connectivity index is 2.04. The number of para-hydroxylation sites is 2. The highest BCUT2D eigenvalue weighted by Gasteiger charge is 2.12. The fraction of sp³-hybridized carbons (Fsp3) is 0.188. The smallest absolute Gasteiger partial charge is 0.203 e. The van der Waals surface area contributed by atoms with Gasteiger partial charge in [-0.15, -0.1) is 0 Å². The van der Waals surface area contributed by atoms with Gasteiger partial charge in [0, 0.05) is 0 Å². The van der Waals surface area contributed by atoms with Gasteiger partial charge in [0.1, 0.15) is 11.5 Å². The number of carbonyl (C=O) groups is 1. The van der Waals surface area contributed by atoms with Crippen LogP contribution in [-0.2, 0) is 0 Å². The molecule has 0 aliphatic rings. The average molecular weight is 256 g/mol. The summed E-state index contributed by atoms with van der Waals surface area (Å²) in [7, 11) is 0. The summed E-state index contributed by atoms with van der Waals surface area (Å²) in [5.41, 5.74) is 0.556. The summed E-state index contributed by atoms with van der Waals surface area (Å²) in [6.45, 7) is 2.43. The molecule has 3 nitrogen and oxygen atoms in total. The maximum Gasteiger partial charge on any atom is 0.203 e. The van der Waals surface area contributed by atoms with Crippen molar-refractivity contribution >= 4 is 5.78 Å². The van der Waals surface area contributed by atoms with E-state index in [4.69, 9.17) is 9.47 Å². The Morgan fingerprint density at radius 1 is 0.947 bits per heavy atom. The van der Waals surface area contributed by atoms with Crippen LogP contribution < -0.4 is 9.47 Å². The van der Waals surface area contributed by atoms with Crippen molar-refractivity contribution in [1.82, 2.24) is 0 Å². The average Bonchev–Trinajstić information content (AvgIpc) is 2.47. The molecule has 0 aliphatic heterocycles. The Bertz CT molecular complexity index is 535. The number of carbonyl (C=O) groups excluding carboxylic acids is 1. The summed E-state index contributed by atoms with van der Waals surface area (Å²) in [4.78, 5) is 12.1. The van der Waals surface area contributed by atoms with E-state index in [1.54, 1.807) is 12.1 Å². The molecule has 0 amide bonds. The van der Waals surface area contributed by atoms with E-state index >= 15 is 0 Å². The maximum atomic E-state index is 12.1. The predicted octanol–water partition coefficient (Wildman–Crippen LogP) is 3.35. The number of Topliss-reactive ketones (excluding diaryl/α,β-unsaturated/α-hetero) is 1. The van der Waals surface area contributed by atoms with E-state index in [1.807, 2.05) is 49.4 Å². The minimum atomic E-state index is -0.0899. The second-order valence-electron chi connectivity index (χ2n) is 3.95. The Morgan fingerprint density at radius 3 is 2.37 bits per heavy atom. The zero-order chi connectivity index (χ0) is 13.5. The first-order chi connectivity index (χ1) is 9.31. The summed E-state index contributed by atoms with van der Waals surface area (Å²) in [6.07, 6.45) is 0. The lowest BCUT2D eigenvalue weighted by atomic mass is 10.1. The normalized spacial score (nSPS) is 9.95. The lowest BCUT2D eigenvalue weighted by Gasteiger charge is -2.09. The third-order valence-corrected chi connectivity index (χ3v) is 2.60. The third-order valence-electron chi connectivity index (χ3n) is 2.60. The van der Waals surface area contributed by atoms with Crippen LogP contribution >= 0.6 is 0 Å². The molecule has 0 aromatic heterocycles. The zero-order valence-corrected chi connectivity index (χ0v) is 10.8. The minimum Gasteiger partial charge on any atom is -0.493 e. The van der Waals surface area contributed by atoms with Crippen LogP contribution in [0.4, 0.5) is 0 Å². The Morgan fingerprint density at radius 2 is 1.63 bits per heavy atom. The molecule has 2 aromatic carbocycles. The summed E-state index contributed by atoms with van der Waals surface area (Å²) in [6, 6.07) is 16.5. The highest BCUT2D eigenvalue weighted by atomic mass is 16.5. The minimum absolute atomic E-state index is 0.00804. The number of hydrogen-bond donors (Lipinski definition) is 0. The van der Waals surface area contributed by atoms with Crippen LogP contribution in [0.3, 0.4) is 0 Å². The molecule has 0 saturated carbocycles. The molecule has 0 unspecified atom stereocenters. The van der Waals surface area contributed by atoms with Crippen molar-refractivity contribution in [2.75, 3.05) is 13.2 Å². The Hall–Kier alpha value is -2.29. The van der Waals surface area contributed by atoms with E-state index in [9.17, 15) is 4.79 Å². The van der Waals surface area contributed by atoms with Gasteiger partial charge in [0.25, 0.3) is 0 Å². The number of benzene rings is 2. The predicted molar refractivity (Wildman–Crippen MR) is 73.9 cm³/mol. The lowest BCUT2D eigenvalue weighted by molar-refractivity contribution is 0.0917. The monoisotopic (exact) mass is 256 g/mol. The molecule has 3 heteroatoms. The molecule has 0 bridgehead atoms. The molecular weight excluding hydrogens is 240 g/mol. The molecule has 2 aromatic rings. The lowest BCUT2D eigenvalue weighted by Crippen LogP contribution is -2.13. The van der Waals surface area contributed by atoms with Crippen molar-refractivity contribution in [3.8, 4) is 11.5 Å². The largest absolute Gasteiger partial charge is 0.493 e. The van der Waals surface area contributed by atoms with Gasteiger partial charge in [-0.1, -0.05) is 30.3 Å². The molecule has 98 valence electrons. The van der Waals surface area contributed by atoms with Gasteiger partial charge in [0.05, 0.1) is 12.2 Å². The van der Waals surface area contributed by atoms with Gasteiger partial charge in [-0.25, -0.2) is 0 Å². The van der Waals surface area contributed by atoms with Crippen LogP contribution in [0.2, 0.25) is 0 Å². The molecule has 0 heterocycles. The van der Waals surface area contributed by atoms with Crippen molar-refractivity contribution in [3.05, 3.63) is 60.2 Å². The molecule has 0 spiro atoms. The highest BCUT2D eigenvalue weighted by Crippen LogP contribution is 2.19. The molecule has 0 aliphatic carbocycles. The summed E-state index contributed by atoms with van der Waals surface area (Å²) in [5, 5.41) is 0. The summed E-state index contributed by atoms with van der Waals surface area (Å²) in [5.74, 6) is 1.20. The Kier molecular flexibility index (Phi) is 4.56. The fourth-order valence-corrected chi connectivity index (χ4v) is 1.72. The van der Waals surface area contributed by atoms with E-state index in [2.05, 4.69) is 0 Å². The van der Waals surface area contributed by atoms with E-state index < -0.39 is 0 Å². The Labute approximate surface area is 112 Å². The van der Waals surface area contributed by atoms with Crippen molar-refractivity contribution in [3.63, 3.8) is 0 Å². The van der Waals surface area contributed by atoms with Gasteiger partial charge >= 0.3 is 0 Å². The van der Waals surface area contributed by atoms with Crippen molar-refractivity contribution in [2.24, 2.45) is 0 Å². The topological polar surface area (TPSA) is 35.5 Å². The number of hydrogen-bond acceptors (Lipinski definition) is 3. The molecular formula is C16H16O3. The fourth-order valence-electron chi connectivity index (χ4n) is 1.72. The number of ketones is 1. The molecule has 0 radical (unpaired) electrons. The summed E-state index contributed by atoms with van der Waals surface area (Å²) >= 11 is 0. The van der Waals surface area contributed by atoms with E-state index in [1.165, 1.54) is 0 Å². The van der Waals surface area contributed by atoms with Crippen LogP contribution in [-0.4, -0.2) is 19.0 Å². The molecule has 2 rings (SSSR count). The number of rotatable bonds is 6. The SMILES string of the molecule is CCOc1ccccc1C(=O)COc1ccccc1. The quantitative estimate of drug-likeness (QED) is 0.743. The van der Waals surface area contributed by atoms with Crippen molar-refractivity contribution < 1.29 is 14.3 Å². The van der Waals surface area contributed by atoms with Crippen LogP contribution in [0.15, 0.2) is 54.6 Å². The third kappa shape index (κ3) is 3.58. The number of ether oxygens (including phenoxy) is 2. The summed E-state index contributed by atoms with van der Waals surface area (Å²) < 4.78 is 10.9. The molecule has 19 heavy (non-hydrogen) atoms. The van der Waals surface area contributed by atoms with Crippen LogP contribution in [0.5, 0.6) is 11.5 Å². The molecule has 0 saturated heterocycles. The van der Waals surface area contributed by atoms with Crippen LogP contribution in [0.1, 0.15) is 17.3 Å². The van der Waals surface area contributed by atoms with Crippen molar-refractivity contribution in [1.29, 1.82) is 0 Å². The van der Waals surface area contributed by atoms with Gasteiger partial charge in [-0.05, 0) is 31.2 Å². The first-order valence-electron chi connectivity index (χ1n) is 6.24. The first kappa shape index (κ1) is 13.1. The standard InChI is InChI=1S/C16H16O3/c1-2-18-16-11-7-6-10-14(16)15(17)12-19-13-8-4-3-5-9-13/h3-11H,2,12H2,1H3. The second kappa shape index (κ2) is 6.59. The van der Waals surface area contributed by atoms with Gasteiger partial charge in [-0.3, -0.25) is 4.79 Å². The second-order valence-corrected chi connectivity index (χ2v) is 3.95. The van der Waals surface area contributed by atoms with Crippen LogP contribution in [0, 0.1) is 0 Å². The van der Waals surface area contributed by atoms with Crippen LogP contribution in [0.25, 0.3) is 0 Å². The van der Waals surface area contributed by atoms with E-state index in [-0.39, 0.29) is 12.4 Å². The molecule has 0 atom stereocenters. The highest BCUT2D eigenvalue weighted by molar-refractivity contribution is 5.99. The zero-order valence-electron chi connectivity index (χ0n) is 10.8. The van der Waals surface area contributed by atoms with E-state index in [0.717, 1.165) is 0 Å². The van der Waals surface area contributed by atoms with Gasteiger partial charge in [-0.2, -0.15) is 0 Å². The maximum absolute atomic E-state index is 12.1. The molecule has 0 fully saturated rings. The van der Waals surface area contributed by atoms with E-state index in [0.29, 0.717) is 23.7 Å².